The van der Waals surface area contributed by atoms with Gasteiger partial charge in [0.2, 0.25) is 5.91 Å². The van der Waals surface area contributed by atoms with Gasteiger partial charge in [-0.1, -0.05) is 11.6 Å². The molecule has 0 unspecified atom stereocenters. The van der Waals surface area contributed by atoms with Gasteiger partial charge in [0.1, 0.15) is 12.7 Å². The van der Waals surface area contributed by atoms with Crippen molar-refractivity contribution in [3.05, 3.63) is 34.0 Å². The Kier molecular flexibility index (Phi) is 4.11. The highest BCUT2D eigenvalue weighted by atomic mass is 35.5. The Bertz CT molecular complexity index is 482. The van der Waals surface area contributed by atoms with Crippen molar-refractivity contribution in [2.45, 2.75) is 19.5 Å². The largest absolute Gasteiger partial charge is 0.351 e. The zero-order chi connectivity index (χ0) is 12.1. The summed E-state index contributed by atoms with van der Waals surface area (Å²) < 4.78 is 2.36. The molecule has 2 aromatic rings. The molecule has 0 atom stereocenters. The van der Waals surface area contributed by atoms with Gasteiger partial charge in [0.25, 0.3) is 0 Å². The molecule has 2 heterocycles. The molecular formula is C10H11ClN4OS. The predicted molar refractivity (Wildman–Crippen MR) is 65.8 cm³/mol. The number of aromatic nitrogens is 3. The monoisotopic (exact) mass is 270 g/mol. The third-order valence-corrected chi connectivity index (χ3v) is 3.35. The van der Waals surface area contributed by atoms with Gasteiger partial charge in [0.05, 0.1) is 17.4 Å². The van der Waals surface area contributed by atoms with Gasteiger partial charge in [-0.3, -0.25) is 9.48 Å². The molecule has 0 radical (unpaired) electrons. The number of carbonyl (C=O) groups is 1. The number of hydrogen-bond acceptors (Lipinski definition) is 4. The second-order valence-electron chi connectivity index (χ2n) is 3.39. The molecular weight excluding hydrogens is 260 g/mol. The molecule has 0 aliphatic rings. The van der Waals surface area contributed by atoms with E-state index in [1.807, 2.05) is 12.1 Å². The lowest BCUT2D eigenvalue weighted by Crippen LogP contribution is -2.23. The Morgan fingerprint density at radius 3 is 3.06 bits per heavy atom. The van der Waals surface area contributed by atoms with Crippen molar-refractivity contribution in [2.75, 3.05) is 0 Å². The first-order chi connectivity index (χ1) is 8.24. The SMILES string of the molecule is O=C(CCn1cncn1)NCc1ccc(Cl)s1. The molecule has 1 N–H and O–H groups in total. The van der Waals surface area contributed by atoms with Crippen LogP contribution >= 0.6 is 22.9 Å². The number of thiophene rings is 1. The highest BCUT2D eigenvalue weighted by Gasteiger charge is 2.03. The number of hydrogen-bond donors (Lipinski definition) is 1. The fourth-order valence-electron chi connectivity index (χ4n) is 1.29. The van der Waals surface area contributed by atoms with Crippen LogP contribution in [0.1, 0.15) is 11.3 Å². The minimum atomic E-state index is -0.00924. The van der Waals surface area contributed by atoms with Gasteiger partial charge in [-0.05, 0) is 12.1 Å². The number of rotatable bonds is 5. The number of carbonyl (C=O) groups excluding carboxylic acids is 1. The summed E-state index contributed by atoms with van der Waals surface area (Å²) in [4.78, 5) is 16.4. The Hall–Kier alpha value is -1.40. The molecule has 5 nitrogen and oxygen atoms in total. The van der Waals surface area contributed by atoms with Gasteiger partial charge in [-0.2, -0.15) is 5.10 Å². The Morgan fingerprint density at radius 1 is 1.53 bits per heavy atom. The van der Waals surface area contributed by atoms with E-state index in [0.29, 0.717) is 19.5 Å². The van der Waals surface area contributed by atoms with E-state index in [1.54, 1.807) is 11.0 Å². The second kappa shape index (κ2) is 5.79. The predicted octanol–water partition coefficient (Wildman–Crippen LogP) is 1.70. The summed E-state index contributed by atoms with van der Waals surface area (Å²) in [6.45, 7) is 1.06. The molecule has 2 rings (SSSR count). The van der Waals surface area contributed by atoms with Crippen LogP contribution in [0.15, 0.2) is 24.8 Å². The maximum atomic E-state index is 11.5. The van der Waals surface area contributed by atoms with E-state index < -0.39 is 0 Å². The van der Waals surface area contributed by atoms with Crippen LogP contribution in [0.5, 0.6) is 0 Å². The molecule has 2 aromatic heterocycles. The minimum absolute atomic E-state index is 0.00924. The number of nitrogens with zero attached hydrogens (tertiary/aromatic N) is 3. The first-order valence-corrected chi connectivity index (χ1v) is 6.27. The summed E-state index contributed by atoms with van der Waals surface area (Å²) in [6.07, 6.45) is 3.43. The molecule has 0 aliphatic heterocycles. The summed E-state index contributed by atoms with van der Waals surface area (Å²) in [7, 11) is 0. The molecule has 0 aliphatic carbocycles. The quantitative estimate of drug-likeness (QED) is 0.900. The van der Waals surface area contributed by atoms with Crippen LogP contribution < -0.4 is 5.32 Å². The summed E-state index contributed by atoms with van der Waals surface area (Å²) in [5, 5.41) is 6.75. The van der Waals surface area contributed by atoms with Crippen molar-refractivity contribution in [2.24, 2.45) is 0 Å². The highest BCUT2D eigenvalue weighted by molar-refractivity contribution is 7.16. The van der Waals surface area contributed by atoms with Crippen LogP contribution in [0.25, 0.3) is 0 Å². The van der Waals surface area contributed by atoms with E-state index in [4.69, 9.17) is 11.6 Å². The fraction of sp³-hybridized carbons (Fsp3) is 0.300. The van der Waals surface area contributed by atoms with Gasteiger partial charge < -0.3 is 5.32 Å². The first kappa shape index (κ1) is 12.1. The highest BCUT2D eigenvalue weighted by Crippen LogP contribution is 2.20. The normalized spacial score (nSPS) is 10.4. The number of amides is 1. The van der Waals surface area contributed by atoms with E-state index in [2.05, 4.69) is 15.4 Å². The number of aryl methyl sites for hydroxylation is 1. The lowest BCUT2D eigenvalue weighted by Gasteiger charge is -2.03. The van der Waals surface area contributed by atoms with Crippen molar-refractivity contribution in [3.8, 4) is 0 Å². The standard InChI is InChI=1S/C10H11ClN4OS/c11-9-2-1-8(17-9)5-13-10(16)3-4-15-7-12-6-14-15/h1-2,6-7H,3-5H2,(H,13,16). The number of nitrogens with one attached hydrogen (secondary N) is 1. The third-order valence-electron chi connectivity index (χ3n) is 2.12. The minimum Gasteiger partial charge on any atom is -0.351 e. The average molecular weight is 271 g/mol. The molecule has 0 saturated carbocycles. The summed E-state index contributed by atoms with van der Waals surface area (Å²) >= 11 is 7.26. The molecule has 90 valence electrons. The smallest absolute Gasteiger partial charge is 0.222 e. The van der Waals surface area contributed by atoms with Crippen molar-refractivity contribution >= 4 is 28.8 Å². The number of halogens is 1. The van der Waals surface area contributed by atoms with Gasteiger partial charge >= 0.3 is 0 Å². The zero-order valence-electron chi connectivity index (χ0n) is 8.97. The Balaban J connectivity index is 1.71. The van der Waals surface area contributed by atoms with E-state index in [9.17, 15) is 4.79 Å². The third kappa shape index (κ3) is 3.83. The van der Waals surface area contributed by atoms with E-state index in [1.165, 1.54) is 17.7 Å². The molecule has 17 heavy (non-hydrogen) atoms. The molecule has 0 saturated heterocycles. The van der Waals surface area contributed by atoms with Gasteiger partial charge in [0.15, 0.2) is 0 Å². The van der Waals surface area contributed by atoms with E-state index >= 15 is 0 Å². The van der Waals surface area contributed by atoms with Gasteiger partial charge in [-0.15, -0.1) is 11.3 Å². The van der Waals surface area contributed by atoms with Crippen LogP contribution in [-0.4, -0.2) is 20.7 Å². The molecule has 0 fully saturated rings. The van der Waals surface area contributed by atoms with Crippen LogP contribution in [0, 0.1) is 0 Å². The second-order valence-corrected chi connectivity index (χ2v) is 5.19. The lowest BCUT2D eigenvalue weighted by molar-refractivity contribution is -0.121. The fourth-order valence-corrected chi connectivity index (χ4v) is 2.31. The van der Waals surface area contributed by atoms with Gasteiger partial charge in [-0.25, -0.2) is 4.98 Å². The maximum absolute atomic E-state index is 11.5. The van der Waals surface area contributed by atoms with Gasteiger partial charge in [0, 0.05) is 11.3 Å². The van der Waals surface area contributed by atoms with Crippen molar-refractivity contribution in [1.29, 1.82) is 0 Å². The van der Waals surface area contributed by atoms with E-state index in [-0.39, 0.29) is 5.91 Å². The Labute approximate surface area is 107 Å². The van der Waals surface area contributed by atoms with Crippen LogP contribution in [0.3, 0.4) is 0 Å². The maximum Gasteiger partial charge on any atom is 0.222 e. The molecule has 7 heteroatoms. The molecule has 0 bridgehead atoms. The summed E-state index contributed by atoms with van der Waals surface area (Å²) in [5.74, 6) is -0.00924. The average Bonchev–Trinajstić information content (AvgIpc) is 2.95. The molecule has 0 spiro atoms. The summed E-state index contributed by atoms with van der Waals surface area (Å²) in [6, 6.07) is 3.73. The Morgan fingerprint density at radius 2 is 2.41 bits per heavy atom. The zero-order valence-corrected chi connectivity index (χ0v) is 10.5. The summed E-state index contributed by atoms with van der Waals surface area (Å²) in [5.41, 5.74) is 0. The van der Waals surface area contributed by atoms with Crippen molar-refractivity contribution in [3.63, 3.8) is 0 Å². The lowest BCUT2D eigenvalue weighted by atomic mass is 10.4. The van der Waals surface area contributed by atoms with Crippen LogP contribution in [0.2, 0.25) is 4.34 Å². The van der Waals surface area contributed by atoms with E-state index in [0.717, 1.165) is 9.21 Å². The first-order valence-electron chi connectivity index (χ1n) is 5.07. The topological polar surface area (TPSA) is 59.8 Å². The van der Waals surface area contributed by atoms with Crippen molar-refractivity contribution < 1.29 is 4.79 Å². The molecule has 1 amide bonds. The molecule has 0 aromatic carbocycles. The van der Waals surface area contributed by atoms with Crippen molar-refractivity contribution in [1.82, 2.24) is 20.1 Å². The van der Waals surface area contributed by atoms with Crippen LogP contribution in [0.4, 0.5) is 0 Å². The van der Waals surface area contributed by atoms with Crippen LogP contribution in [-0.2, 0) is 17.9 Å².